The Kier molecular flexibility index (Phi) is 9.85. The van der Waals surface area contributed by atoms with Crippen molar-refractivity contribution >= 4 is 95.5 Å². The second-order valence-corrected chi connectivity index (χ2v) is 19.6. The molecule has 0 amide bonds. The van der Waals surface area contributed by atoms with Crippen LogP contribution in [0.1, 0.15) is 89.1 Å². The van der Waals surface area contributed by atoms with Gasteiger partial charge in [0.05, 0.1) is 40.3 Å². The van der Waals surface area contributed by atoms with Gasteiger partial charge in [-0.25, -0.2) is 0 Å². The summed E-state index contributed by atoms with van der Waals surface area (Å²) in [4.78, 5) is 4.72. The molecule has 0 saturated carbocycles. The van der Waals surface area contributed by atoms with Crippen LogP contribution in [-0.4, -0.2) is 0 Å². The van der Waals surface area contributed by atoms with E-state index in [9.17, 15) is 10.5 Å². The Labute approximate surface area is 423 Å². The van der Waals surface area contributed by atoms with Gasteiger partial charge in [0.25, 0.3) is 0 Å². The SMILES string of the molecule is CC1CC=Cc2oc3c(N(c4ccc(C#N)c(C5=CC=CCC5)c4)c4ccc5ccc6c7c5c4C=CC7CC=C6N(c4ccc(C#N)c(-c5ccccc5)c4)c4cccc5c4oc4ccccc45)cccc3c21. The van der Waals surface area contributed by atoms with Crippen LogP contribution in [0.4, 0.5) is 28.4 Å². The van der Waals surface area contributed by atoms with Crippen molar-refractivity contribution < 1.29 is 8.83 Å². The lowest BCUT2D eigenvalue weighted by atomic mass is 9.77. The molecule has 4 aliphatic rings. The first kappa shape index (κ1) is 42.5. The highest BCUT2D eigenvalue weighted by Crippen LogP contribution is 2.53. The molecule has 0 N–H and O–H groups in total. The van der Waals surface area contributed by atoms with Gasteiger partial charge in [-0.1, -0.05) is 140 Å². The summed E-state index contributed by atoms with van der Waals surface area (Å²) in [5.41, 5.74) is 18.3. The van der Waals surface area contributed by atoms with Gasteiger partial charge in [-0.3, -0.25) is 0 Å². The molecule has 6 heteroatoms. The van der Waals surface area contributed by atoms with Crippen LogP contribution >= 0.6 is 0 Å². The number of para-hydroxylation sites is 3. The second kappa shape index (κ2) is 16.9. The molecule has 2 heterocycles. The van der Waals surface area contributed by atoms with Crippen molar-refractivity contribution in [3.05, 3.63) is 233 Å². The van der Waals surface area contributed by atoms with E-state index in [0.717, 1.165) is 137 Å². The van der Waals surface area contributed by atoms with Crippen LogP contribution in [0.25, 0.3) is 78.2 Å². The Morgan fingerprint density at radius 2 is 1.32 bits per heavy atom. The first-order valence-electron chi connectivity index (χ1n) is 25.2. The van der Waals surface area contributed by atoms with E-state index in [4.69, 9.17) is 8.83 Å². The molecular formula is C67H46N4O2. The van der Waals surface area contributed by atoms with Crippen molar-refractivity contribution in [1.29, 1.82) is 10.5 Å². The predicted molar refractivity (Wildman–Crippen MR) is 298 cm³/mol. The highest BCUT2D eigenvalue weighted by molar-refractivity contribution is 6.13. The summed E-state index contributed by atoms with van der Waals surface area (Å²) in [5.74, 6) is 1.36. The van der Waals surface area contributed by atoms with E-state index in [0.29, 0.717) is 17.0 Å². The molecular weight excluding hydrogens is 893 g/mol. The van der Waals surface area contributed by atoms with Gasteiger partial charge >= 0.3 is 0 Å². The van der Waals surface area contributed by atoms with Gasteiger partial charge in [0.1, 0.15) is 11.3 Å². The number of benzene rings is 8. The van der Waals surface area contributed by atoms with Crippen LogP contribution in [0.2, 0.25) is 0 Å². The third-order valence-corrected chi connectivity index (χ3v) is 15.5. The Balaban J connectivity index is 1.01. The molecule has 346 valence electrons. The van der Waals surface area contributed by atoms with E-state index in [2.05, 4.69) is 187 Å². The summed E-state index contributed by atoms with van der Waals surface area (Å²) >= 11 is 0. The Morgan fingerprint density at radius 1 is 0.589 bits per heavy atom. The van der Waals surface area contributed by atoms with Crippen LogP contribution in [0, 0.1) is 22.7 Å². The highest BCUT2D eigenvalue weighted by atomic mass is 16.3. The maximum Gasteiger partial charge on any atom is 0.159 e. The highest BCUT2D eigenvalue weighted by Gasteiger charge is 2.34. The molecule has 8 aromatic carbocycles. The number of allylic oxidation sites excluding steroid dienone is 7. The maximum atomic E-state index is 10.5. The number of nitrogens with zero attached hydrogens (tertiary/aromatic N) is 4. The zero-order chi connectivity index (χ0) is 48.7. The number of fused-ring (bicyclic) bond motifs is 6. The standard InChI is InChI=1S/C67H46N4O2/c1-41-13-10-24-62-63(41)54-20-12-22-60(67(54)73-62)71(49-32-26-47(40-69)56(38-49)43-16-6-3-7-17-43)58-36-30-45-27-33-52-57(35-29-44-28-34-53(58)65(45)64(44)52)70(48-31-25-46(39-68)55(37-48)42-14-4-2-5-15-42)59-21-11-19-51-50-18-8-9-23-61(50)72-66(51)59/h2-6,8-12,14-16,18-28,30-38,41,44H,7,13,17,29H2,1H3. The summed E-state index contributed by atoms with van der Waals surface area (Å²) in [5, 5.41) is 26.6. The zero-order valence-electron chi connectivity index (χ0n) is 40.1. The van der Waals surface area contributed by atoms with Crippen molar-refractivity contribution in [1.82, 2.24) is 0 Å². The molecule has 14 rings (SSSR count). The van der Waals surface area contributed by atoms with Gasteiger partial charge in [0.15, 0.2) is 11.2 Å². The molecule has 6 nitrogen and oxygen atoms in total. The third kappa shape index (κ3) is 6.68. The lowest BCUT2D eigenvalue weighted by Gasteiger charge is -2.36. The minimum absolute atomic E-state index is 0.129. The van der Waals surface area contributed by atoms with Crippen molar-refractivity contribution in [2.24, 2.45) is 0 Å². The van der Waals surface area contributed by atoms with E-state index in [-0.39, 0.29) is 5.92 Å². The van der Waals surface area contributed by atoms with Crippen LogP contribution in [-0.2, 0) is 0 Å². The van der Waals surface area contributed by atoms with Gasteiger partial charge in [-0.15, -0.1) is 0 Å². The first-order chi connectivity index (χ1) is 36.0. The topological polar surface area (TPSA) is 80.3 Å². The Morgan fingerprint density at radius 3 is 2.14 bits per heavy atom. The second-order valence-electron chi connectivity index (χ2n) is 19.6. The fourth-order valence-corrected chi connectivity index (χ4v) is 12.2. The van der Waals surface area contributed by atoms with Crippen LogP contribution in [0.5, 0.6) is 0 Å². The minimum atomic E-state index is 0.129. The molecule has 2 unspecified atom stereocenters. The number of hydrogen-bond acceptors (Lipinski definition) is 6. The third-order valence-electron chi connectivity index (χ3n) is 15.5. The van der Waals surface area contributed by atoms with E-state index in [1.54, 1.807) is 0 Å². The first-order valence-corrected chi connectivity index (χ1v) is 25.2. The van der Waals surface area contributed by atoms with Crippen LogP contribution in [0.15, 0.2) is 197 Å². The van der Waals surface area contributed by atoms with Crippen LogP contribution in [0.3, 0.4) is 0 Å². The number of nitriles is 2. The quantitative estimate of drug-likeness (QED) is 0.151. The largest absolute Gasteiger partial charge is 0.454 e. The molecule has 2 aromatic heterocycles. The van der Waals surface area contributed by atoms with Gasteiger partial charge in [0, 0.05) is 61.4 Å². The van der Waals surface area contributed by atoms with Crippen molar-refractivity contribution in [3.8, 4) is 23.3 Å². The van der Waals surface area contributed by atoms with Crippen molar-refractivity contribution in [3.63, 3.8) is 0 Å². The minimum Gasteiger partial charge on any atom is -0.454 e. The van der Waals surface area contributed by atoms with E-state index in [1.165, 1.54) is 16.5 Å². The number of furan rings is 2. The van der Waals surface area contributed by atoms with E-state index in [1.807, 2.05) is 42.5 Å². The molecule has 10 aromatic rings. The lowest BCUT2D eigenvalue weighted by Crippen LogP contribution is -2.21. The van der Waals surface area contributed by atoms with Gasteiger partial charge in [-0.05, 0) is 131 Å². The predicted octanol–water partition coefficient (Wildman–Crippen LogP) is 18.3. The normalized spacial score (nSPS) is 16.3. The van der Waals surface area contributed by atoms with E-state index >= 15 is 0 Å². The molecule has 0 spiro atoms. The van der Waals surface area contributed by atoms with Gasteiger partial charge in [0.2, 0.25) is 0 Å². The van der Waals surface area contributed by atoms with Gasteiger partial charge in [-0.2, -0.15) is 10.5 Å². The van der Waals surface area contributed by atoms with Crippen LogP contribution < -0.4 is 9.80 Å². The number of hydrogen-bond donors (Lipinski definition) is 0. The molecule has 0 saturated heterocycles. The summed E-state index contributed by atoms with van der Waals surface area (Å²) in [6.07, 6.45) is 21.4. The summed E-state index contributed by atoms with van der Waals surface area (Å²) in [6, 6.07) is 57.9. The fraction of sp³-hybridized carbons (Fsp3) is 0.104. The maximum absolute atomic E-state index is 10.5. The summed E-state index contributed by atoms with van der Waals surface area (Å²) < 4.78 is 13.8. The molecule has 4 aliphatic carbocycles. The lowest BCUT2D eigenvalue weighted by molar-refractivity contribution is 0.586. The number of anilines is 5. The monoisotopic (exact) mass is 938 g/mol. The molecule has 0 fully saturated rings. The molecule has 0 bridgehead atoms. The average molecular weight is 939 g/mol. The molecule has 0 radical (unpaired) electrons. The summed E-state index contributed by atoms with van der Waals surface area (Å²) in [7, 11) is 0. The zero-order valence-corrected chi connectivity index (χ0v) is 40.1. The fourth-order valence-electron chi connectivity index (χ4n) is 12.2. The molecule has 73 heavy (non-hydrogen) atoms. The van der Waals surface area contributed by atoms with Crippen molar-refractivity contribution in [2.75, 3.05) is 9.80 Å². The average Bonchev–Trinajstić information content (AvgIpc) is 4.04. The smallest absolute Gasteiger partial charge is 0.159 e. The molecule has 0 aliphatic heterocycles. The molecule has 2 atom stereocenters. The van der Waals surface area contributed by atoms with Gasteiger partial charge < -0.3 is 18.6 Å². The Hall–Kier alpha value is -9.36. The Bertz CT molecular complexity index is 4220. The van der Waals surface area contributed by atoms with Crippen molar-refractivity contribution in [2.45, 2.75) is 44.4 Å². The summed E-state index contributed by atoms with van der Waals surface area (Å²) in [6.45, 7) is 2.28. The van der Waals surface area contributed by atoms with E-state index < -0.39 is 0 Å². The number of rotatable bonds is 8.